The molecule has 3 nitrogen and oxygen atoms in total. The number of halogens is 1. The van der Waals surface area contributed by atoms with Crippen LogP contribution in [0.5, 0.6) is 0 Å². The Morgan fingerprint density at radius 1 is 1.14 bits per heavy atom. The van der Waals surface area contributed by atoms with Gasteiger partial charge in [-0.25, -0.2) is 12.8 Å². The smallest absolute Gasteiger partial charge is 0.175 e. The van der Waals surface area contributed by atoms with E-state index in [1.165, 1.54) is 18.4 Å². The maximum absolute atomic E-state index is 13.3. The minimum Gasteiger partial charge on any atom is -0.378 e. The quantitative estimate of drug-likeness (QED) is 0.914. The summed E-state index contributed by atoms with van der Waals surface area (Å²) in [6.45, 7) is 2.01. The Balaban J connectivity index is 2.19. The number of rotatable bonds is 5. The summed E-state index contributed by atoms with van der Waals surface area (Å²) in [5.41, 5.74) is 1.67. The Bertz CT molecular complexity index is 711. The first-order valence-corrected chi connectivity index (χ1v) is 8.61. The first-order valence-electron chi connectivity index (χ1n) is 6.72. The highest BCUT2D eigenvalue weighted by atomic mass is 32.2. The molecular weight excluding hydrogens is 289 g/mol. The van der Waals surface area contributed by atoms with Crippen LogP contribution in [0.2, 0.25) is 0 Å². The Kier molecular flexibility index (Phi) is 4.63. The van der Waals surface area contributed by atoms with Gasteiger partial charge in [0.05, 0.1) is 10.9 Å². The van der Waals surface area contributed by atoms with Gasteiger partial charge in [-0.05, 0) is 48.4 Å². The fraction of sp³-hybridized carbons (Fsp3) is 0.250. The van der Waals surface area contributed by atoms with Gasteiger partial charge in [0.15, 0.2) is 9.84 Å². The topological polar surface area (TPSA) is 46.2 Å². The molecule has 0 spiro atoms. The van der Waals surface area contributed by atoms with Gasteiger partial charge < -0.3 is 5.32 Å². The second-order valence-electron chi connectivity index (χ2n) is 4.96. The molecule has 0 aliphatic heterocycles. The van der Waals surface area contributed by atoms with Crippen LogP contribution in [0.1, 0.15) is 24.9 Å². The van der Waals surface area contributed by atoms with Gasteiger partial charge in [0, 0.05) is 11.9 Å². The average Bonchev–Trinajstić information content (AvgIpc) is 2.44. The summed E-state index contributed by atoms with van der Waals surface area (Å²) in [5.74, 6) is -0.264. The molecule has 0 saturated heterocycles. The van der Waals surface area contributed by atoms with Crippen molar-refractivity contribution >= 4 is 15.5 Å². The molecule has 5 heteroatoms. The molecule has 0 bridgehead atoms. The Morgan fingerprint density at radius 3 is 2.33 bits per heavy atom. The van der Waals surface area contributed by atoms with E-state index in [9.17, 15) is 12.8 Å². The van der Waals surface area contributed by atoms with Gasteiger partial charge in [0.25, 0.3) is 0 Å². The van der Waals surface area contributed by atoms with Gasteiger partial charge in [-0.2, -0.15) is 0 Å². The van der Waals surface area contributed by atoms with E-state index in [4.69, 9.17) is 0 Å². The molecule has 2 aromatic rings. The predicted octanol–water partition coefficient (Wildman–Crippen LogP) is 3.79. The highest BCUT2D eigenvalue weighted by Crippen LogP contribution is 2.24. The van der Waals surface area contributed by atoms with Crippen LogP contribution in [-0.2, 0) is 9.84 Å². The van der Waals surface area contributed by atoms with E-state index in [0.29, 0.717) is 0 Å². The summed E-state index contributed by atoms with van der Waals surface area (Å²) in [6, 6.07) is 13.0. The van der Waals surface area contributed by atoms with E-state index < -0.39 is 9.84 Å². The van der Waals surface area contributed by atoms with Gasteiger partial charge in [-0.15, -0.1) is 0 Å². The van der Waals surface area contributed by atoms with Crippen LogP contribution >= 0.6 is 0 Å². The zero-order valence-corrected chi connectivity index (χ0v) is 12.8. The fourth-order valence-corrected chi connectivity index (χ4v) is 2.77. The lowest BCUT2D eigenvalue weighted by Crippen LogP contribution is -2.10. The molecule has 21 heavy (non-hydrogen) atoms. The molecule has 1 unspecified atom stereocenters. The maximum Gasteiger partial charge on any atom is 0.175 e. The van der Waals surface area contributed by atoms with E-state index in [1.807, 2.05) is 13.0 Å². The molecule has 1 N–H and O–H groups in total. The third kappa shape index (κ3) is 4.04. The van der Waals surface area contributed by atoms with Crippen LogP contribution in [0.25, 0.3) is 0 Å². The highest BCUT2D eigenvalue weighted by molar-refractivity contribution is 7.90. The highest BCUT2D eigenvalue weighted by Gasteiger charge is 2.11. The second-order valence-corrected chi connectivity index (χ2v) is 6.97. The lowest BCUT2D eigenvalue weighted by atomic mass is 10.0. The fourth-order valence-electron chi connectivity index (χ4n) is 2.14. The van der Waals surface area contributed by atoms with Crippen molar-refractivity contribution in [2.75, 3.05) is 11.6 Å². The summed E-state index contributed by atoms with van der Waals surface area (Å²) in [5, 5.41) is 3.29. The van der Waals surface area contributed by atoms with Crippen molar-refractivity contribution in [1.82, 2.24) is 0 Å². The molecule has 0 saturated carbocycles. The van der Waals surface area contributed by atoms with Gasteiger partial charge in [-0.1, -0.05) is 19.1 Å². The van der Waals surface area contributed by atoms with Gasteiger partial charge in [-0.3, -0.25) is 0 Å². The lowest BCUT2D eigenvalue weighted by Gasteiger charge is -2.19. The Labute approximate surface area is 124 Å². The van der Waals surface area contributed by atoms with E-state index in [0.717, 1.165) is 17.7 Å². The molecule has 0 radical (unpaired) electrons. The second kappa shape index (κ2) is 6.26. The van der Waals surface area contributed by atoms with Crippen molar-refractivity contribution < 1.29 is 12.8 Å². The van der Waals surface area contributed by atoms with Gasteiger partial charge in [0.1, 0.15) is 5.82 Å². The molecule has 0 amide bonds. The average molecular weight is 307 g/mol. The molecule has 0 heterocycles. The molecule has 112 valence electrons. The van der Waals surface area contributed by atoms with Crippen molar-refractivity contribution in [3.05, 3.63) is 59.9 Å². The first kappa shape index (κ1) is 15.5. The molecule has 2 aromatic carbocycles. The van der Waals surface area contributed by atoms with Crippen LogP contribution in [0.15, 0.2) is 53.4 Å². The van der Waals surface area contributed by atoms with Crippen LogP contribution < -0.4 is 5.32 Å². The molecule has 0 aliphatic rings. The van der Waals surface area contributed by atoms with E-state index >= 15 is 0 Å². The molecule has 0 aromatic heterocycles. The monoisotopic (exact) mass is 307 g/mol. The third-order valence-corrected chi connectivity index (χ3v) is 4.41. The number of benzene rings is 2. The van der Waals surface area contributed by atoms with Crippen molar-refractivity contribution in [1.29, 1.82) is 0 Å². The summed E-state index contributed by atoms with van der Waals surface area (Å²) in [4.78, 5) is 0.284. The van der Waals surface area contributed by atoms with Gasteiger partial charge in [0.2, 0.25) is 0 Å². The normalized spacial score (nSPS) is 12.9. The molecule has 0 aliphatic carbocycles. The standard InChI is InChI=1S/C16H18FNO2S/c1-3-16(12-5-4-6-13(17)11-12)18-14-7-9-15(10-8-14)21(2,19)20/h4-11,16,18H,3H2,1-2H3. The van der Waals surface area contributed by atoms with Crippen molar-refractivity contribution in [2.45, 2.75) is 24.3 Å². The summed E-state index contributed by atoms with van der Waals surface area (Å²) in [7, 11) is -3.19. The van der Waals surface area contributed by atoms with E-state index in [-0.39, 0.29) is 16.8 Å². The zero-order valence-electron chi connectivity index (χ0n) is 12.0. The van der Waals surface area contributed by atoms with Crippen LogP contribution in [0, 0.1) is 5.82 Å². The van der Waals surface area contributed by atoms with Crippen LogP contribution in [0.3, 0.4) is 0 Å². The molecule has 2 rings (SSSR count). The van der Waals surface area contributed by atoms with Crippen molar-refractivity contribution in [3.8, 4) is 0 Å². The lowest BCUT2D eigenvalue weighted by molar-refractivity contribution is 0.602. The Hall–Kier alpha value is -1.88. The summed E-state index contributed by atoms with van der Waals surface area (Å²) in [6.07, 6.45) is 1.97. The van der Waals surface area contributed by atoms with Crippen molar-refractivity contribution in [3.63, 3.8) is 0 Å². The maximum atomic E-state index is 13.3. The Morgan fingerprint density at radius 2 is 1.81 bits per heavy atom. The number of anilines is 1. The van der Waals surface area contributed by atoms with Crippen molar-refractivity contribution in [2.24, 2.45) is 0 Å². The summed E-state index contributed by atoms with van der Waals surface area (Å²) >= 11 is 0. The van der Waals surface area contributed by atoms with E-state index in [2.05, 4.69) is 5.32 Å². The third-order valence-electron chi connectivity index (χ3n) is 3.28. The minimum absolute atomic E-state index is 0.0233. The number of hydrogen-bond acceptors (Lipinski definition) is 3. The molecule has 1 atom stereocenters. The van der Waals surface area contributed by atoms with Crippen LogP contribution in [0.4, 0.5) is 10.1 Å². The zero-order chi connectivity index (χ0) is 15.5. The van der Waals surface area contributed by atoms with Gasteiger partial charge >= 0.3 is 0 Å². The largest absolute Gasteiger partial charge is 0.378 e. The number of hydrogen-bond donors (Lipinski definition) is 1. The minimum atomic E-state index is -3.19. The van der Waals surface area contributed by atoms with E-state index in [1.54, 1.807) is 30.3 Å². The number of nitrogens with one attached hydrogen (secondary N) is 1. The van der Waals surface area contributed by atoms with Crippen LogP contribution in [-0.4, -0.2) is 14.7 Å². The first-order chi connectivity index (χ1) is 9.90. The number of sulfone groups is 1. The molecular formula is C16H18FNO2S. The summed E-state index contributed by atoms with van der Waals surface area (Å²) < 4.78 is 36.1. The predicted molar refractivity (Wildman–Crippen MR) is 82.6 cm³/mol. The molecule has 0 fully saturated rings. The SMILES string of the molecule is CCC(Nc1ccc(S(C)(=O)=O)cc1)c1cccc(F)c1.